The Morgan fingerprint density at radius 3 is 2.67 bits per heavy atom. The number of ether oxygens (including phenoxy) is 1. The number of nitrogens with zero attached hydrogens (tertiary/aromatic N) is 5. The van der Waals surface area contributed by atoms with Crippen molar-refractivity contribution in [3.63, 3.8) is 0 Å². The zero-order valence-corrected chi connectivity index (χ0v) is 18.6. The number of anilines is 1. The van der Waals surface area contributed by atoms with Gasteiger partial charge in [0.05, 0.1) is 17.0 Å². The van der Waals surface area contributed by atoms with Crippen molar-refractivity contribution in [2.24, 2.45) is 0 Å². The fourth-order valence-electron chi connectivity index (χ4n) is 3.94. The third-order valence-corrected chi connectivity index (χ3v) is 5.38. The van der Waals surface area contributed by atoms with Gasteiger partial charge in [-0.15, -0.1) is 0 Å². The number of piperidine rings is 1. The third kappa shape index (κ3) is 4.71. The third-order valence-electron chi connectivity index (χ3n) is 5.38. The number of likely N-dealkylation sites (tertiary alicyclic amines) is 1. The Hall–Kier alpha value is -3.37. The number of hydrogen-bond acceptors (Lipinski definition) is 6. The molecule has 1 saturated heterocycles. The lowest BCUT2D eigenvalue weighted by atomic mass is 10.1. The Morgan fingerprint density at radius 2 is 1.97 bits per heavy atom. The summed E-state index contributed by atoms with van der Waals surface area (Å²) in [5.41, 5.74) is 5.62. The molecule has 1 atom stereocenters. The smallest absolute Gasteiger partial charge is 0.416 e. The summed E-state index contributed by atoms with van der Waals surface area (Å²) in [4.78, 5) is 22.5. The number of hydrogen-bond donors (Lipinski definition) is 1. The number of fused-ring (bicyclic) bond motifs is 1. The molecule has 0 bridgehead atoms. The van der Waals surface area contributed by atoms with Gasteiger partial charge in [0, 0.05) is 18.7 Å². The summed E-state index contributed by atoms with van der Waals surface area (Å²) in [5.74, 6) is 0.124. The highest BCUT2D eigenvalue weighted by molar-refractivity contribution is 5.98. The Kier molecular flexibility index (Phi) is 5.67. The van der Waals surface area contributed by atoms with E-state index in [0.29, 0.717) is 37.0 Å². The van der Waals surface area contributed by atoms with E-state index >= 15 is 0 Å². The van der Waals surface area contributed by atoms with Gasteiger partial charge in [0.2, 0.25) is 0 Å². The average Bonchev–Trinajstić information content (AvgIpc) is 3.13. The molecule has 176 valence electrons. The summed E-state index contributed by atoms with van der Waals surface area (Å²) in [6.45, 7) is 6.27. The second-order valence-electron chi connectivity index (χ2n) is 9.05. The van der Waals surface area contributed by atoms with Gasteiger partial charge < -0.3 is 15.4 Å². The van der Waals surface area contributed by atoms with Crippen molar-refractivity contribution >= 4 is 22.9 Å². The van der Waals surface area contributed by atoms with Crippen LogP contribution < -0.4 is 5.73 Å². The van der Waals surface area contributed by atoms with E-state index in [0.717, 1.165) is 12.1 Å². The number of nitrogen functional groups attached to an aromatic ring is 1. The predicted octanol–water partition coefficient (Wildman–Crippen LogP) is 4.67. The van der Waals surface area contributed by atoms with Crippen molar-refractivity contribution in [1.29, 1.82) is 0 Å². The van der Waals surface area contributed by atoms with E-state index in [-0.39, 0.29) is 23.1 Å². The number of benzene rings is 1. The van der Waals surface area contributed by atoms with Crippen LogP contribution in [0.2, 0.25) is 0 Å². The molecule has 3 aromatic rings. The maximum Gasteiger partial charge on any atom is 0.416 e. The average molecular weight is 462 g/mol. The van der Waals surface area contributed by atoms with Crippen LogP contribution in [0.1, 0.15) is 45.2 Å². The Morgan fingerprint density at radius 1 is 1.21 bits per heavy atom. The standard InChI is InChI=1S/C22H25F3N6O2/c1-21(2,3)33-20(32)30-9-5-8-15(11-30)31-19-16(18(26)27-12-28-19)17(29-31)13-6-4-7-14(10-13)22(23,24)25/h4,6-7,10,12,15H,5,8-9,11H2,1-3H3,(H2,26,27,28)/t15-/m1/s1. The number of nitrogens with two attached hydrogens (primary N) is 1. The number of halogens is 3. The van der Waals surface area contributed by atoms with E-state index in [9.17, 15) is 18.0 Å². The topological polar surface area (TPSA) is 99.2 Å². The fraction of sp³-hybridized carbons (Fsp3) is 0.455. The summed E-state index contributed by atoms with van der Waals surface area (Å²) in [5, 5.41) is 5.00. The number of carbonyl (C=O) groups excluding carboxylic acids is 1. The van der Waals surface area contributed by atoms with Gasteiger partial charge in [-0.3, -0.25) is 0 Å². The number of rotatable bonds is 2. The molecule has 2 N–H and O–H groups in total. The maximum atomic E-state index is 13.3. The van der Waals surface area contributed by atoms with Crippen LogP contribution in [0.3, 0.4) is 0 Å². The van der Waals surface area contributed by atoms with Gasteiger partial charge in [-0.25, -0.2) is 19.4 Å². The molecule has 1 amide bonds. The zero-order chi connectivity index (χ0) is 24.0. The fourth-order valence-corrected chi connectivity index (χ4v) is 3.94. The molecule has 4 rings (SSSR count). The Balaban J connectivity index is 1.75. The van der Waals surface area contributed by atoms with E-state index in [2.05, 4.69) is 15.1 Å². The molecule has 0 radical (unpaired) electrons. The summed E-state index contributed by atoms with van der Waals surface area (Å²) in [6.07, 6.45) is -2.20. The monoisotopic (exact) mass is 462 g/mol. The largest absolute Gasteiger partial charge is 0.444 e. The normalized spacial score (nSPS) is 17.4. The first-order valence-electron chi connectivity index (χ1n) is 10.6. The van der Waals surface area contributed by atoms with Gasteiger partial charge in [-0.05, 0) is 45.7 Å². The highest BCUT2D eigenvalue weighted by atomic mass is 19.4. The molecule has 1 aromatic carbocycles. The molecule has 33 heavy (non-hydrogen) atoms. The van der Waals surface area contributed by atoms with E-state index in [4.69, 9.17) is 10.5 Å². The molecule has 3 heterocycles. The quantitative estimate of drug-likeness (QED) is 0.594. The number of alkyl halides is 3. The molecule has 0 unspecified atom stereocenters. The van der Waals surface area contributed by atoms with Gasteiger partial charge in [0.1, 0.15) is 23.4 Å². The lowest BCUT2D eigenvalue weighted by molar-refractivity contribution is -0.137. The minimum absolute atomic E-state index is 0.124. The summed E-state index contributed by atoms with van der Waals surface area (Å²) >= 11 is 0. The van der Waals surface area contributed by atoms with Crippen LogP contribution in [0.5, 0.6) is 0 Å². The molecule has 1 fully saturated rings. The lowest BCUT2D eigenvalue weighted by Crippen LogP contribution is -2.43. The first-order chi connectivity index (χ1) is 15.4. The van der Waals surface area contributed by atoms with Crippen LogP contribution in [-0.4, -0.2) is 49.4 Å². The van der Waals surface area contributed by atoms with Gasteiger partial charge >= 0.3 is 12.3 Å². The van der Waals surface area contributed by atoms with Crippen LogP contribution in [0.15, 0.2) is 30.6 Å². The highest BCUT2D eigenvalue weighted by Gasteiger charge is 2.33. The first kappa shape index (κ1) is 22.8. The lowest BCUT2D eigenvalue weighted by Gasteiger charge is -2.34. The van der Waals surface area contributed by atoms with Crippen molar-refractivity contribution in [2.75, 3.05) is 18.8 Å². The van der Waals surface area contributed by atoms with Gasteiger partial charge in [0.15, 0.2) is 5.65 Å². The van der Waals surface area contributed by atoms with Gasteiger partial charge in [-0.1, -0.05) is 12.1 Å². The van der Waals surface area contributed by atoms with Crippen LogP contribution in [-0.2, 0) is 10.9 Å². The van der Waals surface area contributed by atoms with E-state index < -0.39 is 23.4 Å². The summed E-state index contributed by atoms with van der Waals surface area (Å²) in [6, 6.07) is 4.66. The second-order valence-corrected chi connectivity index (χ2v) is 9.05. The van der Waals surface area contributed by atoms with Crippen molar-refractivity contribution in [2.45, 2.75) is 51.4 Å². The van der Waals surface area contributed by atoms with Crippen molar-refractivity contribution in [3.8, 4) is 11.3 Å². The molecule has 1 aliphatic rings. The first-order valence-corrected chi connectivity index (χ1v) is 10.6. The van der Waals surface area contributed by atoms with Gasteiger partial charge in [-0.2, -0.15) is 18.3 Å². The molecular weight excluding hydrogens is 437 g/mol. The molecule has 11 heteroatoms. The number of carbonyl (C=O) groups is 1. The number of amides is 1. The van der Waals surface area contributed by atoms with Crippen LogP contribution in [0.25, 0.3) is 22.3 Å². The van der Waals surface area contributed by atoms with Crippen molar-refractivity contribution in [3.05, 3.63) is 36.2 Å². The van der Waals surface area contributed by atoms with E-state index in [1.807, 2.05) is 0 Å². The highest BCUT2D eigenvalue weighted by Crippen LogP contribution is 2.36. The molecule has 0 aliphatic carbocycles. The minimum Gasteiger partial charge on any atom is -0.444 e. The Labute approximate surface area is 188 Å². The molecule has 2 aromatic heterocycles. The second kappa shape index (κ2) is 8.20. The molecular formula is C22H25F3N6O2. The number of aromatic nitrogens is 4. The summed E-state index contributed by atoms with van der Waals surface area (Å²) < 4.78 is 47.0. The van der Waals surface area contributed by atoms with Crippen LogP contribution in [0, 0.1) is 0 Å². The van der Waals surface area contributed by atoms with Crippen molar-refractivity contribution < 1.29 is 22.7 Å². The Bertz CT molecular complexity index is 1190. The SMILES string of the molecule is CC(C)(C)OC(=O)N1CCC[C@@H](n2nc(-c3cccc(C(F)(F)F)c3)c3c(N)ncnc32)C1. The summed E-state index contributed by atoms with van der Waals surface area (Å²) in [7, 11) is 0. The van der Waals surface area contributed by atoms with Crippen LogP contribution >= 0.6 is 0 Å². The van der Waals surface area contributed by atoms with Crippen LogP contribution in [0.4, 0.5) is 23.8 Å². The maximum absolute atomic E-state index is 13.3. The molecule has 8 nitrogen and oxygen atoms in total. The van der Waals surface area contributed by atoms with E-state index in [1.54, 1.807) is 36.4 Å². The van der Waals surface area contributed by atoms with Crippen molar-refractivity contribution in [1.82, 2.24) is 24.6 Å². The van der Waals surface area contributed by atoms with Gasteiger partial charge in [0.25, 0.3) is 0 Å². The molecule has 0 spiro atoms. The van der Waals surface area contributed by atoms with E-state index in [1.165, 1.54) is 12.4 Å². The zero-order valence-electron chi connectivity index (χ0n) is 18.6. The predicted molar refractivity (Wildman–Crippen MR) is 116 cm³/mol. The minimum atomic E-state index is -4.49. The molecule has 0 saturated carbocycles. The molecule has 1 aliphatic heterocycles.